The van der Waals surface area contributed by atoms with E-state index in [1.165, 1.54) is 11.1 Å². The third-order valence-corrected chi connectivity index (χ3v) is 4.40. The Morgan fingerprint density at radius 2 is 1.86 bits per heavy atom. The summed E-state index contributed by atoms with van der Waals surface area (Å²) in [5.41, 5.74) is 4.14. The fraction of sp³-hybridized carbons (Fsp3) is 0.211. The molecule has 0 unspecified atom stereocenters. The highest BCUT2D eigenvalue weighted by atomic mass is 32.2. The smallest absolute Gasteiger partial charge is 0.185 e. The molecule has 0 heterocycles. The van der Waals surface area contributed by atoms with Crippen molar-refractivity contribution in [3.8, 4) is 5.75 Å². The van der Waals surface area contributed by atoms with Gasteiger partial charge >= 0.3 is 0 Å². The molecule has 114 valence electrons. The van der Waals surface area contributed by atoms with Gasteiger partial charge in [-0.2, -0.15) is 0 Å². The number of rotatable bonds is 5. The van der Waals surface area contributed by atoms with Crippen molar-refractivity contribution in [1.82, 2.24) is 0 Å². The van der Waals surface area contributed by atoms with Crippen molar-refractivity contribution in [2.45, 2.75) is 18.7 Å². The van der Waals surface area contributed by atoms with Crippen LogP contribution >= 0.6 is 11.8 Å². The molecule has 3 heteroatoms. The molecular formula is C19H20O2S. The van der Waals surface area contributed by atoms with Gasteiger partial charge in [0.15, 0.2) is 5.78 Å². The number of ether oxygens (including phenoxy) is 1. The summed E-state index contributed by atoms with van der Waals surface area (Å²) >= 11 is 1.60. The van der Waals surface area contributed by atoms with E-state index in [1.54, 1.807) is 31.0 Å². The average Bonchev–Trinajstić information content (AvgIpc) is 2.54. The van der Waals surface area contributed by atoms with Crippen LogP contribution in [0.2, 0.25) is 0 Å². The highest BCUT2D eigenvalue weighted by Gasteiger charge is 2.07. The molecule has 0 radical (unpaired) electrons. The lowest BCUT2D eigenvalue weighted by Gasteiger charge is -2.07. The third-order valence-electron chi connectivity index (χ3n) is 3.63. The van der Waals surface area contributed by atoms with E-state index in [-0.39, 0.29) is 5.78 Å². The number of ketones is 1. The molecule has 0 saturated heterocycles. The lowest BCUT2D eigenvalue weighted by molar-refractivity contribution is 0.104. The Bertz CT molecular complexity index is 717. The SMILES string of the molecule is COc1cc(C(=O)/C=C/c2ccc(C)c(C)c2)ccc1SC. The first kappa shape index (κ1) is 16.4. The van der Waals surface area contributed by atoms with Crippen LogP contribution in [0.3, 0.4) is 0 Å². The standard InChI is InChI=1S/C19H20O2S/c1-13-5-6-15(11-14(13)2)7-9-17(20)16-8-10-19(22-4)18(12-16)21-3/h5-12H,1-4H3/b9-7+. The number of benzene rings is 2. The molecule has 0 bridgehead atoms. The van der Waals surface area contributed by atoms with Gasteiger partial charge in [-0.25, -0.2) is 0 Å². The number of hydrogen-bond donors (Lipinski definition) is 0. The average molecular weight is 312 g/mol. The Labute approximate surface area is 136 Å². The van der Waals surface area contributed by atoms with Gasteiger partial charge in [0.1, 0.15) is 5.75 Å². The van der Waals surface area contributed by atoms with E-state index in [0.29, 0.717) is 5.56 Å². The van der Waals surface area contributed by atoms with Gasteiger partial charge in [0.25, 0.3) is 0 Å². The van der Waals surface area contributed by atoms with E-state index in [2.05, 4.69) is 26.0 Å². The first-order valence-corrected chi connectivity index (χ1v) is 8.29. The minimum atomic E-state index is -0.0239. The zero-order chi connectivity index (χ0) is 16.1. The minimum absolute atomic E-state index is 0.0239. The monoisotopic (exact) mass is 312 g/mol. The summed E-state index contributed by atoms with van der Waals surface area (Å²) in [7, 11) is 1.62. The second-order valence-electron chi connectivity index (χ2n) is 5.11. The number of hydrogen-bond acceptors (Lipinski definition) is 3. The molecule has 0 saturated carbocycles. The molecule has 0 atom stereocenters. The second-order valence-corrected chi connectivity index (χ2v) is 5.96. The maximum absolute atomic E-state index is 12.3. The fourth-order valence-corrected chi connectivity index (χ4v) is 2.67. The van der Waals surface area contributed by atoms with E-state index in [9.17, 15) is 4.79 Å². The summed E-state index contributed by atoms with van der Waals surface area (Å²) in [5, 5.41) is 0. The van der Waals surface area contributed by atoms with Gasteiger partial charge in [-0.05, 0) is 61.1 Å². The number of aryl methyl sites for hydroxylation is 2. The van der Waals surface area contributed by atoms with Crippen molar-refractivity contribution in [2.75, 3.05) is 13.4 Å². The lowest BCUT2D eigenvalue weighted by atomic mass is 10.0. The van der Waals surface area contributed by atoms with Gasteiger partial charge in [0, 0.05) is 10.5 Å². The zero-order valence-electron chi connectivity index (χ0n) is 13.3. The van der Waals surface area contributed by atoms with Crippen LogP contribution in [0.15, 0.2) is 47.4 Å². The van der Waals surface area contributed by atoms with Gasteiger partial charge in [0.2, 0.25) is 0 Å². The van der Waals surface area contributed by atoms with E-state index in [0.717, 1.165) is 16.2 Å². The maximum atomic E-state index is 12.3. The Hall–Kier alpha value is -2.00. The lowest BCUT2D eigenvalue weighted by Crippen LogP contribution is -1.96. The summed E-state index contributed by atoms with van der Waals surface area (Å²) in [6, 6.07) is 11.7. The molecule has 2 aromatic carbocycles. The number of allylic oxidation sites excluding steroid dienone is 1. The molecule has 0 aliphatic rings. The molecule has 0 spiro atoms. The topological polar surface area (TPSA) is 26.3 Å². The van der Waals surface area contributed by atoms with Crippen LogP contribution in [0.5, 0.6) is 5.75 Å². The highest BCUT2D eigenvalue weighted by Crippen LogP contribution is 2.28. The minimum Gasteiger partial charge on any atom is -0.496 e. The Morgan fingerprint density at radius 1 is 1.09 bits per heavy atom. The van der Waals surface area contributed by atoms with Crippen molar-refractivity contribution in [3.63, 3.8) is 0 Å². The van der Waals surface area contributed by atoms with Gasteiger partial charge in [0.05, 0.1) is 7.11 Å². The van der Waals surface area contributed by atoms with Gasteiger partial charge in [-0.15, -0.1) is 11.8 Å². The third kappa shape index (κ3) is 3.80. The summed E-state index contributed by atoms with van der Waals surface area (Å²) in [5.74, 6) is 0.710. The molecule has 0 amide bonds. The van der Waals surface area contributed by atoms with Crippen LogP contribution in [-0.2, 0) is 0 Å². The van der Waals surface area contributed by atoms with Crippen LogP contribution in [0, 0.1) is 13.8 Å². The largest absolute Gasteiger partial charge is 0.496 e. The number of methoxy groups -OCH3 is 1. The molecule has 0 aliphatic heterocycles. The molecule has 0 aromatic heterocycles. The predicted molar refractivity (Wildman–Crippen MR) is 94.1 cm³/mol. The van der Waals surface area contributed by atoms with E-state index >= 15 is 0 Å². The zero-order valence-corrected chi connectivity index (χ0v) is 14.2. The van der Waals surface area contributed by atoms with Crippen LogP contribution in [-0.4, -0.2) is 19.1 Å². The molecular weight excluding hydrogens is 292 g/mol. The van der Waals surface area contributed by atoms with Crippen LogP contribution < -0.4 is 4.74 Å². The van der Waals surface area contributed by atoms with Gasteiger partial charge in [-0.3, -0.25) is 4.79 Å². The van der Waals surface area contributed by atoms with Crippen molar-refractivity contribution in [1.29, 1.82) is 0 Å². The Morgan fingerprint density at radius 3 is 2.50 bits per heavy atom. The molecule has 2 nitrogen and oxygen atoms in total. The first-order chi connectivity index (χ1) is 10.5. The Balaban J connectivity index is 2.21. The molecule has 0 fully saturated rings. The summed E-state index contributed by atoms with van der Waals surface area (Å²) in [6.07, 6.45) is 5.44. The molecule has 2 aromatic rings. The second kappa shape index (κ2) is 7.32. The molecule has 2 rings (SSSR count). The van der Waals surface area contributed by atoms with Gasteiger partial charge in [-0.1, -0.05) is 24.3 Å². The van der Waals surface area contributed by atoms with Crippen molar-refractivity contribution >= 4 is 23.6 Å². The van der Waals surface area contributed by atoms with Crippen LogP contribution in [0.1, 0.15) is 27.0 Å². The van der Waals surface area contributed by atoms with Crippen molar-refractivity contribution in [3.05, 3.63) is 64.7 Å². The van der Waals surface area contributed by atoms with E-state index in [1.807, 2.05) is 30.5 Å². The quantitative estimate of drug-likeness (QED) is 0.445. The number of thioether (sulfide) groups is 1. The van der Waals surface area contributed by atoms with E-state index < -0.39 is 0 Å². The number of carbonyl (C=O) groups excluding carboxylic acids is 1. The van der Waals surface area contributed by atoms with Crippen molar-refractivity contribution < 1.29 is 9.53 Å². The molecule has 0 aliphatic carbocycles. The normalized spacial score (nSPS) is 10.9. The predicted octanol–water partition coefficient (Wildman–Crippen LogP) is 4.93. The van der Waals surface area contributed by atoms with Crippen LogP contribution in [0.25, 0.3) is 6.08 Å². The Kier molecular flexibility index (Phi) is 5.45. The van der Waals surface area contributed by atoms with Crippen LogP contribution in [0.4, 0.5) is 0 Å². The summed E-state index contributed by atoms with van der Waals surface area (Å²) in [4.78, 5) is 13.3. The van der Waals surface area contributed by atoms with E-state index in [4.69, 9.17) is 4.74 Å². The van der Waals surface area contributed by atoms with Gasteiger partial charge < -0.3 is 4.74 Å². The highest BCUT2D eigenvalue weighted by molar-refractivity contribution is 7.98. The number of carbonyl (C=O) groups is 1. The first-order valence-electron chi connectivity index (χ1n) is 7.07. The summed E-state index contributed by atoms with van der Waals surface area (Å²) in [6.45, 7) is 4.15. The fourth-order valence-electron chi connectivity index (χ4n) is 2.13. The molecule has 0 N–H and O–H groups in total. The van der Waals surface area contributed by atoms with Crippen molar-refractivity contribution in [2.24, 2.45) is 0 Å². The summed E-state index contributed by atoms with van der Waals surface area (Å²) < 4.78 is 5.32. The maximum Gasteiger partial charge on any atom is 0.185 e. The molecule has 22 heavy (non-hydrogen) atoms.